The molecular weight excluding hydrogens is 372 g/mol. The summed E-state index contributed by atoms with van der Waals surface area (Å²) in [6, 6.07) is 8.09. The van der Waals surface area contributed by atoms with Gasteiger partial charge >= 0.3 is 6.03 Å². The predicted molar refractivity (Wildman–Crippen MR) is 108 cm³/mol. The van der Waals surface area contributed by atoms with Crippen molar-refractivity contribution in [2.24, 2.45) is 0 Å². The molecule has 0 aliphatic rings. The minimum atomic E-state index is -0.502. The van der Waals surface area contributed by atoms with Gasteiger partial charge in [-0.15, -0.1) is 0 Å². The fourth-order valence-corrected chi connectivity index (χ4v) is 2.54. The molecule has 0 saturated heterocycles. The molecule has 0 aliphatic carbocycles. The molecule has 0 radical (unpaired) electrons. The maximum Gasteiger partial charge on any atom is 0.324 e. The summed E-state index contributed by atoms with van der Waals surface area (Å²) in [5.41, 5.74) is 1.94. The van der Waals surface area contributed by atoms with E-state index < -0.39 is 6.03 Å². The van der Waals surface area contributed by atoms with Gasteiger partial charge in [0.05, 0.1) is 19.0 Å². The van der Waals surface area contributed by atoms with Crippen molar-refractivity contribution in [3.05, 3.63) is 72.4 Å². The van der Waals surface area contributed by atoms with Gasteiger partial charge in [-0.05, 0) is 42.3 Å². The number of hydrogen-bond donors (Lipinski definition) is 3. The van der Waals surface area contributed by atoms with Crippen molar-refractivity contribution in [1.82, 2.24) is 20.3 Å². The molecule has 3 rings (SSSR count). The Kier molecular flexibility index (Phi) is 6.66. The number of nitrogens with one attached hydrogen (secondary N) is 3. The van der Waals surface area contributed by atoms with Crippen molar-refractivity contribution >= 4 is 23.4 Å². The van der Waals surface area contributed by atoms with Crippen molar-refractivity contribution in [1.29, 1.82) is 0 Å². The second-order valence-corrected chi connectivity index (χ2v) is 5.95. The minimum Gasteiger partial charge on any atom is -0.495 e. The fourth-order valence-electron chi connectivity index (χ4n) is 2.54. The van der Waals surface area contributed by atoms with Crippen LogP contribution in [-0.4, -0.2) is 40.5 Å². The van der Waals surface area contributed by atoms with E-state index in [9.17, 15) is 9.59 Å². The number of hydrogen-bond acceptors (Lipinski definition) is 6. The monoisotopic (exact) mass is 392 g/mol. The first-order chi connectivity index (χ1) is 14.2. The van der Waals surface area contributed by atoms with Crippen LogP contribution in [0.4, 0.5) is 16.3 Å². The lowest BCUT2D eigenvalue weighted by Crippen LogP contribution is -2.26. The molecule has 9 nitrogen and oxygen atoms in total. The van der Waals surface area contributed by atoms with E-state index in [1.54, 1.807) is 30.6 Å². The summed E-state index contributed by atoms with van der Waals surface area (Å²) >= 11 is 0. The Labute approximate surface area is 167 Å². The molecule has 29 heavy (non-hydrogen) atoms. The van der Waals surface area contributed by atoms with Gasteiger partial charge in [-0.25, -0.2) is 9.78 Å². The van der Waals surface area contributed by atoms with Crippen LogP contribution in [-0.2, 0) is 6.42 Å². The molecule has 1 aromatic carbocycles. The highest BCUT2D eigenvalue weighted by atomic mass is 16.5. The van der Waals surface area contributed by atoms with Crippen LogP contribution < -0.4 is 20.7 Å². The number of pyridine rings is 1. The first-order valence-corrected chi connectivity index (χ1v) is 8.85. The van der Waals surface area contributed by atoms with Gasteiger partial charge in [0, 0.05) is 36.9 Å². The highest BCUT2D eigenvalue weighted by molar-refractivity contribution is 6.01. The molecule has 148 valence electrons. The first kappa shape index (κ1) is 19.7. The lowest BCUT2D eigenvalue weighted by Gasteiger charge is -2.12. The van der Waals surface area contributed by atoms with E-state index >= 15 is 0 Å². The number of anilines is 2. The van der Waals surface area contributed by atoms with Crippen LogP contribution in [0.2, 0.25) is 0 Å². The number of amides is 3. The summed E-state index contributed by atoms with van der Waals surface area (Å²) in [6.45, 7) is 0.492. The Morgan fingerprint density at radius 2 is 1.83 bits per heavy atom. The van der Waals surface area contributed by atoms with Gasteiger partial charge in [0.2, 0.25) is 0 Å². The predicted octanol–water partition coefficient (Wildman–Crippen LogP) is 2.50. The molecule has 3 aromatic rings. The Morgan fingerprint density at radius 3 is 2.55 bits per heavy atom. The number of urea groups is 1. The van der Waals surface area contributed by atoms with Crippen molar-refractivity contribution in [3.63, 3.8) is 0 Å². The third kappa shape index (κ3) is 5.73. The van der Waals surface area contributed by atoms with Crippen LogP contribution >= 0.6 is 0 Å². The SMILES string of the molecule is COc1cc(C(=O)NCCc2ccncc2)ccc1NC(=O)Nc1cnccn1. The zero-order valence-electron chi connectivity index (χ0n) is 15.8. The van der Waals surface area contributed by atoms with Crippen LogP contribution in [0.5, 0.6) is 5.75 Å². The van der Waals surface area contributed by atoms with Crippen molar-refractivity contribution in [3.8, 4) is 5.75 Å². The number of carbonyl (C=O) groups excluding carboxylic acids is 2. The molecular formula is C20H20N6O3. The van der Waals surface area contributed by atoms with Gasteiger partial charge in [0.25, 0.3) is 5.91 Å². The van der Waals surface area contributed by atoms with Crippen LogP contribution in [0.25, 0.3) is 0 Å². The fraction of sp³-hybridized carbons (Fsp3) is 0.150. The summed E-state index contributed by atoms with van der Waals surface area (Å²) < 4.78 is 5.30. The van der Waals surface area contributed by atoms with E-state index in [2.05, 4.69) is 30.9 Å². The molecule has 3 amide bonds. The third-order valence-corrected chi connectivity index (χ3v) is 3.97. The van der Waals surface area contributed by atoms with Gasteiger partial charge in [-0.2, -0.15) is 0 Å². The standard InChI is InChI=1S/C20H20N6O3/c1-29-17-12-15(19(27)24-9-6-14-4-7-21-8-5-14)2-3-16(17)25-20(28)26-18-13-22-10-11-23-18/h2-5,7-8,10-13H,6,9H2,1H3,(H,24,27)(H2,23,25,26,28). The van der Waals surface area contributed by atoms with E-state index in [1.165, 1.54) is 25.7 Å². The second-order valence-electron chi connectivity index (χ2n) is 5.95. The lowest BCUT2D eigenvalue weighted by atomic mass is 10.1. The lowest BCUT2D eigenvalue weighted by molar-refractivity contribution is 0.0954. The summed E-state index contributed by atoms with van der Waals surface area (Å²) in [5.74, 6) is 0.447. The highest BCUT2D eigenvalue weighted by Crippen LogP contribution is 2.25. The van der Waals surface area contributed by atoms with E-state index in [-0.39, 0.29) is 5.91 Å². The van der Waals surface area contributed by atoms with E-state index in [4.69, 9.17) is 4.74 Å². The van der Waals surface area contributed by atoms with E-state index in [0.717, 1.165) is 5.56 Å². The smallest absolute Gasteiger partial charge is 0.324 e. The second kappa shape index (κ2) is 9.79. The molecule has 0 saturated carbocycles. The zero-order valence-corrected chi connectivity index (χ0v) is 15.8. The molecule has 0 atom stereocenters. The number of methoxy groups -OCH3 is 1. The number of ether oxygens (including phenoxy) is 1. The maximum atomic E-state index is 12.4. The average molecular weight is 392 g/mol. The number of carbonyl (C=O) groups is 2. The highest BCUT2D eigenvalue weighted by Gasteiger charge is 2.12. The molecule has 2 aromatic heterocycles. The minimum absolute atomic E-state index is 0.229. The van der Waals surface area contributed by atoms with Gasteiger partial charge in [-0.1, -0.05) is 0 Å². The van der Waals surface area contributed by atoms with Crippen molar-refractivity contribution < 1.29 is 14.3 Å². The van der Waals surface area contributed by atoms with Gasteiger partial charge < -0.3 is 15.4 Å². The molecule has 0 aliphatic heterocycles. The summed E-state index contributed by atoms with van der Waals surface area (Å²) in [5, 5.41) is 8.08. The van der Waals surface area contributed by atoms with Crippen LogP contribution in [0, 0.1) is 0 Å². The summed E-state index contributed by atoms with van der Waals surface area (Å²) in [6.07, 6.45) is 8.54. The zero-order chi connectivity index (χ0) is 20.5. The molecule has 9 heteroatoms. The number of nitrogens with zero attached hydrogens (tertiary/aromatic N) is 3. The molecule has 0 spiro atoms. The normalized spacial score (nSPS) is 10.1. The van der Waals surface area contributed by atoms with E-state index in [0.29, 0.717) is 35.8 Å². The van der Waals surface area contributed by atoms with Crippen LogP contribution in [0.3, 0.4) is 0 Å². The molecule has 2 heterocycles. The van der Waals surface area contributed by atoms with Gasteiger partial charge in [0.15, 0.2) is 5.82 Å². The number of aromatic nitrogens is 3. The average Bonchev–Trinajstić information content (AvgIpc) is 2.75. The molecule has 3 N–H and O–H groups in total. The van der Waals surface area contributed by atoms with Crippen LogP contribution in [0.15, 0.2) is 61.3 Å². The van der Waals surface area contributed by atoms with E-state index in [1.807, 2.05) is 12.1 Å². The van der Waals surface area contributed by atoms with Crippen molar-refractivity contribution in [2.45, 2.75) is 6.42 Å². The molecule has 0 unspecified atom stereocenters. The topological polar surface area (TPSA) is 118 Å². The maximum absolute atomic E-state index is 12.4. The number of benzene rings is 1. The Balaban J connectivity index is 1.58. The largest absolute Gasteiger partial charge is 0.495 e. The quantitative estimate of drug-likeness (QED) is 0.569. The number of rotatable bonds is 7. The molecule has 0 fully saturated rings. The summed E-state index contributed by atoms with van der Waals surface area (Å²) in [4.78, 5) is 36.3. The Morgan fingerprint density at radius 1 is 1.00 bits per heavy atom. The molecule has 0 bridgehead atoms. The summed E-state index contributed by atoms with van der Waals surface area (Å²) in [7, 11) is 1.46. The Bertz CT molecular complexity index is 966. The van der Waals surface area contributed by atoms with Gasteiger partial charge in [-0.3, -0.25) is 20.1 Å². The Hall–Kier alpha value is -4.01. The first-order valence-electron chi connectivity index (χ1n) is 8.85. The van der Waals surface area contributed by atoms with Gasteiger partial charge in [0.1, 0.15) is 5.75 Å². The van der Waals surface area contributed by atoms with Crippen LogP contribution in [0.1, 0.15) is 15.9 Å². The third-order valence-electron chi connectivity index (χ3n) is 3.97. The van der Waals surface area contributed by atoms with Crippen molar-refractivity contribution in [2.75, 3.05) is 24.3 Å².